The molecule has 6 N–H and O–H groups in total. The van der Waals surface area contributed by atoms with Crippen LogP contribution in [0.25, 0.3) is 0 Å². The average Bonchev–Trinajstić information content (AvgIpc) is 2.11. The molecule has 3 aliphatic heterocycles. The van der Waals surface area contributed by atoms with E-state index in [-0.39, 0.29) is 12.3 Å². The zero-order chi connectivity index (χ0) is 7.40. The van der Waals surface area contributed by atoms with Gasteiger partial charge in [0.1, 0.15) is 0 Å². The predicted molar refractivity (Wildman–Crippen MR) is 54.2 cm³/mol. The molecule has 4 heteroatoms. The molecular formula is C8H22N4. The van der Waals surface area contributed by atoms with E-state index < -0.39 is 0 Å². The maximum absolute atomic E-state index is 3.00. The summed E-state index contributed by atoms with van der Waals surface area (Å²) >= 11 is 0. The molecule has 0 aromatic rings. The lowest BCUT2D eigenvalue weighted by Crippen LogP contribution is -2.55. The molecule has 0 aliphatic carbocycles. The van der Waals surface area contributed by atoms with E-state index in [1.807, 2.05) is 0 Å². The largest absolute Gasteiger partial charge is 0.344 e. The zero-order valence-corrected chi connectivity index (χ0v) is 7.97. The van der Waals surface area contributed by atoms with Gasteiger partial charge in [0.25, 0.3) is 0 Å². The summed E-state index contributed by atoms with van der Waals surface area (Å²) in [5, 5.41) is 0. The first-order chi connectivity index (χ1) is 4.95. The molecule has 2 bridgehead atoms. The predicted octanol–water partition coefficient (Wildman–Crippen LogP) is 0.744. The van der Waals surface area contributed by atoms with Gasteiger partial charge in [0, 0.05) is 39.3 Å². The van der Waals surface area contributed by atoms with E-state index in [4.69, 9.17) is 0 Å². The Morgan fingerprint density at radius 3 is 0.833 bits per heavy atom. The van der Waals surface area contributed by atoms with E-state index >= 15 is 0 Å². The van der Waals surface area contributed by atoms with Gasteiger partial charge in [0.05, 0.1) is 0 Å². The van der Waals surface area contributed by atoms with Crippen LogP contribution in [-0.4, -0.2) is 49.1 Å². The van der Waals surface area contributed by atoms with E-state index in [1.54, 1.807) is 0 Å². The standard InChI is InChI=1S/C6H12N2.C2H4.2H3N/c1-2-8-5-3-7(1)4-6-8;1-2;;/h1-6H2;1-2H2;2*1H3. The van der Waals surface area contributed by atoms with Crippen molar-refractivity contribution in [1.82, 2.24) is 22.1 Å². The van der Waals surface area contributed by atoms with Gasteiger partial charge in [-0.15, -0.1) is 13.2 Å². The van der Waals surface area contributed by atoms with Crippen molar-refractivity contribution in [2.45, 2.75) is 0 Å². The summed E-state index contributed by atoms with van der Waals surface area (Å²) in [6, 6.07) is 0. The van der Waals surface area contributed by atoms with Crippen LogP contribution in [0.1, 0.15) is 0 Å². The van der Waals surface area contributed by atoms with Gasteiger partial charge in [0.2, 0.25) is 0 Å². The fraction of sp³-hybridized carbons (Fsp3) is 0.750. The van der Waals surface area contributed by atoms with Gasteiger partial charge in [-0.05, 0) is 0 Å². The van der Waals surface area contributed by atoms with Gasteiger partial charge in [-0.25, -0.2) is 0 Å². The maximum atomic E-state index is 3.00. The summed E-state index contributed by atoms with van der Waals surface area (Å²) in [5.74, 6) is 0. The monoisotopic (exact) mass is 174 g/mol. The molecule has 0 atom stereocenters. The third kappa shape index (κ3) is 3.32. The van der Waals surface area contributed by atoms with Gasteiger partial charge in [-0.3, -0.25) is 9.80 Å². The minimum Gasteiger partial charge on any atom is -0.344 e. The number of hydrogen-bond acceptors (Lipinski definition) is 4. The maximum Gasteiger partial charge on any atom is 0.0110 e. The summed E-state index contributed by atoms with van der Waals surface area (Å²) in [7, 11) is 0. The van der Waals surface area contributed by atoms with E-state index in [9.17, 15) is 0 Å². The normalized spacial score (nSPS) is 30.3. The van der Waals surface area contributed by atoms with E-state index in [0.717, 1.165) is 0 Å². The topological polar surface area (TPSA) is 76.5 Å². The fourth-order valence-corrected chi connectivity index (χ4v) is 1.52. The number of hydrogen-bond donors (Lipinski definition) is 2. The van der Waals surface area contributed by atoms with Gasteiger partial charge in [0.15, 0.2) is 0 Å². The van der Waals surface area contributed by atoms with Gasteiger partial charge in [-0.1, -0.05) is 0 Å². The quantitative estimate of drug-likeness (QED) is 0.531. The van der Waals surface area contributed by atoms with Crippen LogP contribution >= 0.6 is 0 Å². The Morgan fingerprint density at radius 1 is 0.583 bits per heavy atom. The molecule has 4 nitrogen and oxygen atoms in total. The zero-order valence-electron chi connectivity index (χ0n) is 7.97. The molecule has 3 aliphatic rings. The highest BCUT2D eigenvalue weighted by Gasteiger charge is 2.21. The first-order valence-electron chi connectivity index (χ1n) is 3.90. The Balaban J connectivity index is 0. The highest BCUT2D eigenvalue weighted by atomic mass is 15.3. The van der Waals surface area contributed by atoms with Crippen molar-refractivity contribution < 1.29 is 0 Å². The van der Waals surface area contributed by atoms with Crippen LogP contribution < -0.4 is 12.3 Å². The van der Waals surface area contributed by atoms with Crippen molar-refractivity contribution in [3.8, 4) is 0 Å². The smallest absolute Gasteiger partial charge is 0.0110 e. The third-order valence-electron chi connectivity index (χ3n) is 2.20. The molecule has 0 radical (unpaired) electrons. The van der Waals surface area contributed by atoms with Crippen molar-refractivity contribution in [2.75, 3.05) is 39.3 Å². The van der Waals surface area contributed by atoms with Crippen molar-refractivity contribution in [2.24, 2.45) is 0 Å². The molecule has 0 saturated carbocycles. The van der Waals surface area contributed by atoms with Crippen LogP contribution in [0.4, 0.5) is 0 Å². The highest BCUT2D eigenvalue weighted by molar-refractivity contribution is 4.78. The molecule has 3 heterocycles. The lowest BCUT2D eigenvalue weighted by molar-refractivity contribution is 0.0647. The fourth-order valence-electron chi connectivity index (χ4n) is 1.52. The van der Waals surface area contributed by atoms with E-state index in [2.05, 4.69) is 23.0 Å². The van der Waals surface area contributed by atoms with Gasteiger partial charge < -0.3 is 12.3 Å². The Bertz CT molecular complexity index is 76.2. The second kappa shape index (κ2) is 7.24. The summed E-state index contributed by atoms with van der Waals surface area (Å²) < 4.78 is 0. The third-order valence-corrected chi connectivity index (χ3v) is 2.20. The van der Waals surface area contributed by atoms with Gasteiger partial charge in [-0.2, -0.15) is 0 Å². The van der Waals surface area contributed by atoms with Gasteiger partial charge >= 0.3 is 0 Å². The van der Waals surface area contributed by atoms with Crippen molar-refractivity contribution in [3.05, 3.63) is 13.2 Å². The first-order valence-corrected chi connectivity index (χ1v) is 3.90. The molecule has 0 aromatic heterocycles. The lowest BCUT2D eigenvalue weighted by atomic mass is 10.2. The van der Waals surface area contributed by atoms with Crippen LogP contribution in [0, 0.1) is 0 Å². The Hall–Kier alpha value is -0.420. The average molecular weight is 174 g/mol. The second-order valence-corrected chi connectivity index (χ2v) is 2.68. The molecule has 0 unspecified atom stereocenters. The Labute approximate surface area is 75.4 Å². The summed E-state index contributed by atoms with van der Waals surface area (Å²) in [5.41, 5.74) is 0. The van der Waals surface area contributed by atoms with E-state index in [0.29, 0.717) is 0 Å². The minimum absolute atomic E-state index is 0. The molecule has 3 fully saturated rings. The SMILES string of the molecule is C1CN2CCN1CC2.C=C.N.N. The van der Waals surface area contributed by atoms with Crippen molar-refractivity contribution in [3.63, 3.8) is 0 Å². The first kappa shape index (κ1) is 14.1. The van der Waals surface area contributed by atoms with E-state index in [1.165, 1.54) is 39.3 Å². The Kier molecular flexibility index (Phi) is 8.52. The molecule has 3 rings (SSSR count). The van der Waals surface area contributed by atoms with Crippen LogP contribution in [0.3, 0.4) is 0 Å². The van der Waals surface area contributed by atoms with Crippen LogP contribution in [0.2, 0.25) is 0 Å². The molecule has 12 heavy (non-hydrogen) atoms. The second-order valence-electron chi connectivity index (χ2n) is 2.68. The lowest BCUT2D eigenvalue weighted by Gasteiger charge is -2.41. The van der Waals surface area contributed by atoms with Crippen molar-refractivity contribution in [1.29, 1.82) is 0 Å². The molecule has 0 aromatic carbocycles. The highest BCUT2D eigenvalue weighted by Crippen LogP contribution is 2.06. The van der Waals surface area contributed by atoms with Crippen LogP contribution in [-0.2, 0) is 0 Å². The molecule has 74 valence electrons. The number of nitrogens with zero attached hydrogens (tertiary/aromatic N) is 2. The summed E-state index contributed by atoms with van der Waals surface area (Å²) in [6.45, 7) is 13.9. The molecular weight excluding hydrogens is 152 g/mol. The molecule has 0 spiro atoms. The number of piperazine rings is 3. The van der Waals surface area contributed by atoms with Crippen LogP contribution in [0.15, 0.2) is 13.2 Å². The number of fused-ring (bicyclic) bond motifs is 3. The summed E-state index contributed by atoms with van der Waals surface area (Å²) in [4.78, 5) is 5.08. The van der Waals surface area contributed by atoms with Crippen molar-refractivity contribution >= 4 is 0 Å². The Morgan fingerprint density at radius 2 is 0.750 bits per heavy atom. The molecule has 0 amide bonds. The molecule has 3 saturated heterocycles. The van der Waals surface area contributed by atoms with Crippen LogP contribution in [0.5, 0.6) is 0 Å². The number of rotatable bonds is 0. The summed E-state index contributed by atoms with van der Waals surface area (Å²) in [6.07, 6.45) is 0. The minimum atomic E-state index is 0.